The molecule has 0 aliphatic heterocycles. The maximum Gasteiger partial charge on any atom is 0.223 e. The molecule has 1 saturated carbocycles. The second-order valence-electron chi connectivity index (χ2n) is 5.10. The molecule has 0 radical (unpaired) electrons. The van der Waals surface area contributed by atoms with E-state index in [0.29, 0.717) is 6.04 Å². The van der Waals surface area contributed by atoms with Crippen LogP contribution < -0.4 is 5.32 Å². The largest absolute Gasteiger partial charge is 0.351 e. The molecule has 3 nitrogen and oxygen atoms in total. The van der Waals surface area contributed by atoms with Crippen LogP contribution in [0.1, 0.15) is 43.9 Å². The molecule has 1 heterocycles. The summed E-state index contributed by atoms with van der Waals surface area (Å²) < 4.78 is 0. The summed E-state index contributed by atoms with van der Waals surface area (Å²) in [4.78, 5) is 9.06. The van der Waals surface area contributed by atoms with Crippen molar-refractivity contribution in [3.63, 3.8) is 0 Å². The van der Waals surface area contributed by atoms with Crippen LogP contribution in [0, 0.1) is 5.92 Å². The van der Waals surface area contributed by atoms with E-state index >= 15 is 0 Å². The number of nitrogens with zero attached hydrogens (tertiary/aromatic N) is 2. The molecule has 2 aliphatic carbocycles. The predicted molar refractivity (Wildman–Crippen MR) is 64.5 cm³/mol. The second kappa shape index (κ2) is 4.04. The highest BCUT2D eigenvalue weighted by atomic mass is 15.1. The van der Waals surface area contributed by atoms with Gasteiger partial charge >= 0.3 is 0 Å². The van der Waals surface area contributed by atoms with Gasteiger partial charge in [-0.05, 0) is 43.6 Å². The van der Waals surface area contributed by atoms with Gasteiger partial charge < -0.3 is 5.32 Å². The van der Waals surface area contributed by atoms with Crippen molar-refractivity contribution >= 4 is 5.95 Å². The highest BCUT2D eigenvalue weighted by Gasteiger charge is 2.23. The van der Waals surface area contributed by atoms with Gasteiger partial charge in [-0.15, -0.1) is 0 Å². The summed E-state index contributed by atoms with van der Waals surface area (Å²) >= 11 is 0. The van der Waals surface area contributed by atoms with Crippen LogP contribution in [0.3, 0.4) is 0 Å². The van der Waals surface area contributed by atoms with Crippen molar-refractivity contribution in [1.29, 1.82) is 0 Å². The molecule has 16 heavy (non-hydrogen) atoms. The zero-order valence-corrected chi connectivity index (χ0v) is 9.87. The molecule has 0 amide bonds. The van der Waals surface area contributed by atoms with Crippen molar-refractivity contribution in [2.75, 3.05) is 5.32 Å². The average molecular weight is 217 g/mol. The minimum atomic E-state index is 0.644. The summed E-state index contributed by atoms with van der Waals surface area (Å²) in [5.41, 5.74) is 2.65. The van der Waals surface area contributed by atoms with Gasteiger partial charge in [-0.3, -0.25) is 0 Å². The van der Waals surface area contributed by atoms with Crippen LogP contribution in [-0.4, -0.2) is 16.0 Å². The fourth-order valence-corrected chi connectivity index (χ4v) is 2.41. The standard InChI is InChI=1S/C13H19N3/c1-2-9-3-6-12-10(7-9)8-14-13(16-12)15-11-4-5-11/h8-9,11H,2-7H2,1H3,(H,14,15,16). The number of hydrogen-bond donors (Lipinski definition) is 1. The molecule has 0 saturated heterocycles. The Morgan fingerprint density at radius 2 is 2.25 bits per heavy atom. The molecular formula is C13H19N3. The van der Waals surface area contributed by atoms with Gasteiger partial charge in [0.2, 0.25) is 5.95 Å². The van der Waals surface area contributed by atoms with Gasteiger partial charge in [0.05, 0.1) is 0 Å². The molecule has 1 aromatic heterocycles. The molecule has 0 bridgehead atoms. The summed E-state index contributed by atoms with van der Waals surface area (Å²) in [5.74, 6) is 1.69. The van der Waals surface area contributed by atoms with Crippen molar-refractivity contribution in [1.82, 2.24) is 9.97 Å². The lowest BCUT2D eigenvalue weighted by molar-refractivity contribution is 0.438. The van der Waals surface area contributed by atoms with Crippen molar-refractivity contribution in [3.05, 3.63) is 17.5 Å². The van der Waals surface area contributed by atoms with E-state index in [9.17, 15) is 0 Å². The summed E-state index contributed by atoms with van der Waals surface area (Å²) in [7, 11) is 0. The fraction of sp³-hybridized carbons (Fsp3) is 0.692. The normalized spacial score (nSPS) is 23.9. The molecule has 1 aromatic rings. The SMILES string of the molecule is CCC1CCc2nc(NC3CC3)ncc2C1. The average Bonchev–Trinajstić information content (AvgIpc) is 3.12. The zero-order valence-electron chi connectivity index (χ0n) is 9.87. The van der Waals surface area contributed by atoms with Crippen molar-refractivity contribution in [2.24, 2.45) is 5.92 Å². The van der Waals surface area contributed by atoms with Crippen molar-refractivity contribution in [3.8, 4) is 0 Å². The Bertz CT molecular complexity index is 385. The van der Waals surface area contributed by atoms with Crippen molar-refractivity contribution in [2.45, 2.75) is 51.5 Å². The minimum Gasteiger partial charge on any atom is -0.351 e. The highest BCUT2D eigenvalue weighted by molar-refractivity contribution is 5.33. The lowest BCUT2D eigenvalue weighted by atomic mass is 9.86. The Morgan fingerprint density at radius 3 is 3.00 bits per heavy atom. The van der Waals surface area contributed by atoms with Gasteiger partial charge in [-0.25, -0.2) is 9.97 Å². The van der Waals surface area contributed by atoms with E-state index in [1.807, 2.05) is 6.20 Å². The molecule has 1 N–H and O–H groups in total. The van der Waals surface area contributed by atoms with Crippen molar-refractivity contribution < 1.29 is 0 Å². The van der Waals surface area contributed by atoms with E-state index < -0.39 is 0 Å². The smallest absolute Gasteiger partial charge is 0.223 e. The van der Waals surface area contributed by atoms with Crippen LogP contribution >= 0.6 is 0 Å². The third-order valence-corrected chi connectivity index (χ3v) is 3.74. The Kier molecular flexibility index (Phi) is 2.54. The van der Waals surface area contributed by atoms with E-state index in [1.54, 1.807) is 0 Å². The number of aromatic nitrogens is 2. The van der Waals surface area contributed by atoms with Gasteiger partial charge in [-0.1, -0.05) is 13.3 Å². The Morgan fingerprint density at radius 1 is 1.38 bits per heavy atom. The molecule has 1 atom stereocenters. The number of hydrogen-bond acceptors (Lipinski definition) is 3. The first-order chi connectivity index (χ1) is 7.85. The first-order valence-electron chi connectivity index (χ1n) is 6.46. The van der Waals surface area contributed by atoms with Gasteiger partial charge in [-0.2, -0.15) is 0 Å². The first kappa shape index (κ1) is 10.1. The van der Waals surface area contributed by atoms with E-state index in [-0.39, 0.29) is 0 Å². The van der Waals surface area contributed by atoms with Gasteiger partial charge in [0.15, 0.2) is 0 Å². The number of rotatable bonds is 3. The minimum absolute atomic E-state index is 0.644. The monoisotopic (exact) mass is 217 g/mol. The molecular weight excluding hydrogens is 198 g/mol. The maximum absolute atomic E-state index is 4.64. The number of fused-ring (bicyclic) bond motifs is 1. The number of nitrogens with one attached hydrogen (secondary N) is 1. The number of aryl methyl sites for hydroxylation is 1. The van der Waals surface area contributed by atoms with Crippen LogP contribution in [-0.2, 0) is 12.8 Å². The van der Waals surface area contributed by atoms with Gasteiger partial charge in [0.25, 0.3) is 0 Å². The lowest BCUT2D eigenvalue weighted by Crippen LogP contribution is -2.17. The summed E-state index contributed by atoms with van der Waals surface area (Å²) in [6, 6.07) is 0.644. The van der Waals surface area contributed by atoms with Crippen LogP contribution in [0.2, 0.25) is 0 Å². The Balaban J connectivity index is 1.77. The van der Waals surface area contributed by atoms with Gasteiger partial charge in [0.1, 0.15) is 0 Å². The zero-order chi connectivity index (χ0) is 11.0. The predicted octanol–water partition coefficient (Wildman–Crippen LogP) is 2.57. The summed E-state index contributed by atoms with van der Waals surface area (Å²) in [6.07, 6.45) is 9.47. The second-order valence-corrected chi connectivity index (χ2v) is 5.10. The summed E-state index contributed by atoms with van der Waals surface area (Å²) in [5, 5.41) is 3.37. The quantitative estimate of drug-likeness (QED) is 0.845. The van der Waals surface area contributed by atoms with Crippen LogP contribution in [0.25, 0.3) is 0 Å². The first-order valence-corrected chi connectivity index (χ1v) is 6.46. The van der Waals surface area contributed by atoms with E-state index in [2.05, 4.69) is 22.2 Å². The van der Waals surface area contributed by atoms with Crippen LogP contribution in [0.15, 0.2) is 6.20 Å². The van der Waals surface area contributed by atoms with Crippen LogP contribution in [0.4, 0.5) is 5.95 Å². The molecule has 1 unspecified atom stereocenters. The Hall–Kier alpha value is -1.12. The third-order valence-electron chi connectivity index (χ3n) is 3.74. The van der Waals surface area contributed by atoms with E-state index in [0.717, 1.165) is 18.3 Å². The topological polar surface area (TPSA) is 37.8 Å². The molecule has 2 aliphatic rings. The molecule has 3 heteroatoms. The third kappa shape index (κ3) is 2.04. The Labute approximate surface area is 96.7 Å². The number of anilines is 1. The molecule has 0 spiro atoms. The fourth-order valence-electron chi connectivity index (χ4n) is 2.41. The molecule has 1 fully saturated rings. The van der Waals surface area contributed by atoms with E-state index in [1.165, 1.54) is 43.4 Å². The van der Waals surface area contributed by atoms with Gasteiger partial charge in [0, 0.05) is 17.9 Å². The maximum atomic E-state index is 4.64. The molecule has 86 valence electrons. The van der Waals surface area contributed by atoms with Crippen LogP contribution in [0.5, 0.6) is 0 Å². The molecule has 3 rings (SSSR count). The summed E-state index contributed by atoms with van der Waals surface area (Å²) in [6.45, 7) is 2.28. The van der Waals surface area contributed by atoms with E-state index in [4.69, 9.17) is 0 Å². The molecule has 0 aromatic carbocycles. The lowest BCUT2D eigenvalue weighted by Gasteiger charge is -2.22. The highest BCUT2D eigenvalue weighted by Crippen LogP contribution is 2.28.